The second kappa shape index (κ2) is 11.5. The van der Waals surface area contributed by atoms with Crippen molar-refractivity contribution in [3.8, 4) is 34.0 Å². The fourth-order valence-electron chi connectivity index (χ4n) is 8.92. The molecule has 0 amide bonds. The van der Waals surface area contributed by atoms with Crippen molar-refractivity contribution in [3.05, 3.63) is 188 Å². The Bertz CT molecular complexity index is 3320. The zero-order valence-electron chi connectivity index (χ0n) is 29.6. The third-order valence-electron chi connectivity index (χ3n) is 11.2. The summed E-state index contributed by atoms with van der Waals surface area (Å²) in [4.78, 5) is 13.4. The molecule has 0 spiro atoms. The number of hydrogen-bond acceptors (Lipinski definition) is 3. The van der Waals surface area contributed by atoms with Crippen LogP contribution < -0.4 is 4.90 Å². The fourth-order valence-corrected chi connectivity index (χ4v) is 8.92. The first-order valence-corrected chi connectivity index (χ1v) is 18.7. The molecule has 3 aromatic heterocycles. The van der Waals surface area contributed by atoms with Crippen LogP contribution in [0.25, 0.3) is 88.5 Å². The van der Waals surface area contributed by atoms with E-state index in [9.17, 15) is 0 Å². The van der Waals surface area contributed by atoms with Crippen LogP contribution in [0.15, 0.2) is 188 Å². The van der Waals surface area contributed by atoms with E-state index in [0.29, 0.717) is 5.95 Å². The molecule has 0 saturated carbocycles. The largest absolute Gasteiger partial charge is 0.309 e. The Labute approximate surface area is 316 Å². The summed E-state index contributed by atoms with van der Waals surface area (Å²) < 4.78 is 4.74. The van der Waals surface area contributed by atoms with E-state index in [1.165, 1.54) is 21.9 Å². The van der Waals surface area contributed by atoms with Crippen molar-refractivity contribution in [2.24, 2.45) is 0 Å². The van der Waals surface area contributed by atoms with Crippen LogP contribution in [-0.4, -0.2) is 19.1 Å². The molecule has 1 aliphatic rings. The van der Waals surface area contributed by atoms with E-state index in [1.54, 1.807) is 0 Å². The number of aromatic nitrogens is 4. The van der Waals surface area contributed by atoms with Gasteiger partial charge in [0.25, 0.3) is 0 Å². The molecule has 5 heteroatoms. The van der Waals surface area contributed by atoms with Crippen molar-refractivity contribution in [2.45, 2.75) is 0 Å². The molecule has 0 saturated heterocycles. The molecule has 5 nitrogen and oxygen atoms in total. The van der Waals surface area contributed by atoms with Crippen molar-refractivity contribution in [1.29, 1.82) is 0 Å². The van der Waals surface area contributed by atoms with Gasteiger partial charge < -0.3 is 9.47 Å². The molecule has 1 aliphatic heterocycles. The molecular weight excluding hydrogens is 671 g/mol. The third-order valence-corrected chi connectivity index (χ3v) is 11.2. The Morgan fingerprint density at radius 2 is 0.964 bits per heavy atom. The lowest BCUT2D eigenvalue weighted by Gasteiger charge is -2.32. The summed E-state index contributed by atoms with van der Waals surface area (Å²) in [6.45, 7) is 0. The first-order chi connectivity index (χ1) is 27.3. The summed E-state index contributed by atoms with van der Waals surface area (Å²) in [5.41, 5.74) is 14.1. The minimum Gasteiger partial charge on any atom is -0.309 e. The van der Waals surface area contributed by atoms with Crippen molar-refractivity contribution < 1.29 is 0 Å². The van der Waals surface area contributed by atoms with Crippen LogP contribution in [0.3, 0.4) is 0 Å². The van der Waals surface area contributed by atoms with E-state index in [0.717, 1.165) is 77.7 Å². The van der Waals surface area contributed by atoms with E-state index in [-0.39, 0.29) is 0 Å². The van der Waals surface area contributed by atoms with Gasteiger partial charge >= 0.3 is 0 Å². The lowest BCUT2D eigenvalue weighted by atomic mass is 9.96. The Kier molecular flexibility index (Phi) is 6.27. The maximum atomic E-state index is 5.58. The fraction of sp³-hybridized carbons (Fsp3) is 0. The molecule has 11 aromatic rings. The maximum absolute atomic E-state index is 5.58. The van der Waals surface area contributed by atoms with Crippen molar-refractivity contribution in [2.75, 3.05) is 4.90 Å². The van der Waals surface area contributed by atoms with Gasteiger partial charge in [-0.1, -0.05) is 133 Å². The van der Waals surface area contributed by atoms with Crippen LogP contribution >= 0.6 is 0 Å². The summed E-state index contributed by atoms with van der Waals surface area (Å²) in [5.74, 6) is 0.649. The number of hydrogen-bond donors (Lipinski definition) is 0. The lowest BCUT2D eigenvalue weighted by Crippen LogP contribution is -2.16. The van der Waals surface area contributed by atoms with Crippen molar-refractivity contribution in [1.82, 2.24) is 19.1 Å². The Balaban J connectivity index is 1.21. The number of benzene rings is 8. The molecule has 55 heavy (non-hydrogen) atoms. The summed E-state index contributed by atoms with van der Waals surface area (Å²) in [6, 6.07) is 67.1. The quantitative estimate of drug-likeness (QED) is 0.183. The second-order valence-corrected chi connectivity index (χ2v) is 14.2. The van der Waals surface area contributed by atoms with E-state index >= 15 is 0 Å². The number of nitrogens with zero attached hydrogens (tertiary/aromatic N) is 5. The lowest BCUT2D eigenvalue weighted by molar-refractivity contribution is 1.01. The van der Waals surface area contributed by atoms with Crippen LogP contribution in [0.4, 0.5) is 17.1 Å². The van der Waals surface area contributed by atoms with Crippen molar-refractivity contribution >= 4 is 71.6 Å². The highest BCUT2D eigenvalue weighted by Gasteiger charge is 2.29. The molecule has 0 fully saturated rings. The first-order valence-electron chi connectivity index (χ1n) is 18.7. The minimum absolute atomic E-state index is 0.649. The molecule has 256 valence electrons. The van der Waals surface area contributed by atoms with Gasteiger partial charge in [-0.25, -0.2) is 9.97 Å². The second-order valence-electron chi connectivity index (χ2n) is 14.2. The Morgan fingerprint density at radius 3 is 1.75 bits per heavy atom. The van der Waals surface area contributed by atoms with Crippen molar-refractivity contribution in [3.63, 3.8) is 0 Å². The van der Waals surface area contributed by atoms with Gasteiger partial charge in [-0.05, 0) is 65.7 Å². The van der Waals surface area contributed by atoms with Crippen LogP contribution in [0.5, 0.6) is 0 Å². The summed E-state index contributed by atoms with van der Waals surface area (Å²) in [5, 5.41) is 5.76. The van der Waals surface area contributed by atoms with Gasteiger partial charge in [0.1, 0.15) is 0 Å². The molecule has 0 aliphatic carbocycles. The summed E-state index contributed by atoms with van der Waals surface area (Å²) >= 11 is 0. The van der Waals surface area contributed by atoms with E-state index in [1.807, 2.05) is 0 Å². The smallest absolute Gasteiger partial charge is 0.235 e. The monoisotopic (exact) mass is 701 g/mol. The maximum Gasteiger partial charge on any atom is 0.235 e. The number of fused-ring (bicyclic) bond motifs is 9. The molecule has 0 bridgehead atoms. The predicted molar refractivity (Wildman–Crippen MR) is 227 cm³/mol. The standard InChI is InChI=1S/C50H31N5/c1-3-15-32(16-4-1)33-17-13-20-35(31-33)54-42-25-10-7-21-36(42)38-29-30-39-37-22-8-11-26-43(37)55(49(39)48(38)54)50-51-41-24-14-28-45-46(41)47(52-50)40-23-9-12-27-44(40)53(45)34-18-5-2-6-19-34/h1-31H. The van der Waals surface area contributed by atoms with Crippen LogP contribution in [-0.2, 0) is 0 Å². The topological polar surface area (TPSA) is 38.9 Å². The normalized spacial score (nSPS) is 12.3. The minimum atomic E-state index is 0.649. The number of anilines is 3. The Morgan fingerprint density at radius 1 is 0.382 bits per heavy atom. The highest BCUT2D eigenvalue weighted by atomic mass is 15.2. The van der Waals surface area contributed by atoms with Crippen LogP contribution in [0.2, 0.25) is 0 Å². The van der Waals surface area contributed by atoms with Gasteiger partial charge in [-0.15, -0.1) is 0 Å². The van der Waals surface area contributed by atoms with Gasteiger partial charge in [0.15, 0.2) is 0 Å². The molecule has 0 N–H and O–H groups in total. The van der Waals surface area contributed by atoms with E-state index in [4.69, 9.17) is 9.97 Å². The van der Waals surface area contributed by atoms with Crippen LogP contribution in [0.1, 0.15) is 0 Å². The number of para-hydroxylation sites is 4. The summed E-state index contributed by atoms with van der Waals surface area (Å²) in [7, 11) is 0. The molecule has 12 rings (SSSR count). The molecular formula is C50H31N5. The number of rotatable bonds is 4. The van der Waals surface area contributed by atoms with Gasteiger partial charge in [-0.3, -0.25) is 4.57 Å². The zero-order chi connectivity index (χ0) is 36.0. The highest BCUT2D eigenvalue weighted by molar-refractivity contribution is 6.24. The van der Waals surface area contributed by atoms with E-state index < -0.39 is 0 Å². The van der Waals surface area contributed by atoms with Gasteiger partial charge in [-0.2, -0.15) is 0 Å². The van der Waals surface area contributed by atoms with Gasteiger partial charge in [0.05, 0.1) is 50.0 Å². The summed E-state index contributed by atoms with van der Waals surface area (Å²) in [6.07, 6.45) is 0. The molecule has 0 radical (unpaired) electrons. The molecule has 4 heterocycles. The average Bonchev–Trinajstić information content (AvgIpc) is 3.78. The third kappa shape index (κ3) is 4.29. The molecule has 0 atom stereocenters. The zero-order valence-corrected chi connectivity index (χ0v) is 29.6. The SMILES string of the molecule is c1ccc(-c2cccc(-n3c4ccccc4c4ccc5c6ccccc6n(-c6nc7c8c(cccc8n6)N(c6ccccc6)c6ccccc6-7)c5c43)c2)cc1. The first kappa shape index (κ1) is 30.0. The van der Waals surface area contributed by atoms with E-state index in [2.05, 4.69) is 202 Å². The van der Waals surface area contributed by atoms with Gasteiger partial charge in [0.2, 0.25) is 5.95 Å². The molecule has 0 unspecified atom stereocenters. The Hall–Kier alpha value is -7.50. The predicted octanol–water partition coefficient (Wildman–Crippen LogP) is 12.9. The highest BCUT2D eigenvalue weighted by Crippen LogP contribution is 2.50. The van der Waals surface area contributed by atoms with Crippen LogP contribution in [0, 0.1) is 0 Å². The average molecular weight is 702 g/mol. The van der Waals surface area contributed by atoms with Gasteiger partial charge in [0, 0.05) is 38.5 Å². The molecule has 8 aromatic carbocycles.